The van der Waals surface area contributed by atoms with Gasteiger partial charge in [-0.3, -0.25) is 0 Å². The van der Waals surface area contributed by atoms with E-state index in [0.29, 0.717) is 18.7 Å². The summed E-state index contributed by atoms with van der Waals surface area (Å²) in [6.45, 7) is 3.96. The Hall–Kier alpha value is -1.27. The third-order valence-electron chi connectivity index (χ3n) is 3.36. The van der Waals surface area contributed by atoms with Gasteiger partial charge in [0.1, 0.15) is 0 Å². The normalized spacial score (nSPS) is 12.0. The maximum Gasteiger partial charge on any atom is 0.418 e. The third-order valence-corrected chi connectivity index (χ3v) is 3.36. The van der Waals surface area contributed by atoms with Crippen LogP contribution in [0.25, 0.3) is 0 Å². The summed E-state index contributed by atoms with van der Waals surface area (Å²) in [5, 5.41) is 0. The fourth-order valence-electron chi connectivity index (χ4n) is 2.24. The largest absolute Gasteiger partial charge is 0.418 e. The quantitative estimate of drug-likeness (QED) is 0.840. The Morgan fingerprint density at radius 2 is 1.81 bits per heavy atom. The molecule has 6 heteroatoms. The average Bonchev–Trinajstić information content (AvgIpc) is 2.42. The predicted molar refractivity (Wildman–Crippen MR) is 80.4 cm³/mol. The van der Waals surface area contributed by atoms with E-state index in [9.17, 15) is 13.2 Å². The maximum absolute atomic E-state index is 13.2. The van der Waals surface area contributed by atoms with Gasteiger partial charge in [0.25, 0.3) is 0 Å². The summed E-state index contributed by atoms with van der Waals surface area (Å²) in [5.41, 5.74) is 5.58. The van der Waals surface area contributed by atoms with Crippen LogP contribution in [0.3, 0.4) is 0 Å². The summed E-state index contributed by atoms with van der Waals surface area (Å²) in [4.78, 5) is 3.79. The van der Waals surface area contributed by atoms with Crippen molar-refractivity contribution in [1.82, 2.24) is 4.90 Å². The molecule has 0 spiro atoms. The monoisotopic (exact) mass is 303 g/mol. The lowest BCUT2D eigenvalue weighted by atomic mass is 10.1. The standard InChI is InChI=1S/C15H24F3N3/c1-4-21(9-5-8-20(2)3)14-7-6-12(11-19)10-13(14)15(16,17)18/h6-7,10H,4-5,8-9,11,19H2,1-3H3. The van der Waals surface area contributed by atoms with Crippen LogP contribution in [0.4, 0.5) is 18.9 Å². The average molecular weight is 303 g/mol. The summed E-state index contributed by atoms with van der Waals surface area (Å²) < 4.78 is 39.7. The Bertz CT molecular complexity index is 444. The van der Waals surface area contributed by atoms with Gasteiger partial charge in [-0.1, -0.05) is 6.07 Å². The molecule has 0 radical (unpaired) electrons. The van der Waals surface area contributed by atoms with E-state index in [1.807, 2.05) is 25.9 Å². The summed E-state index contributed by atoms with van der Waals surface area (Å²) >= 11 is 0. The molecule has 1 aromatic rings. The molecule has 2 N–H and O–H groups in total. The highest BCUT2D eigenvalue weighted by Gasteiger charge is 2.34. The first kappa shape index (κ1) is 17.8. The van der Waals surface area contributed by atoms with Crippen LogP contribution in [0, 0.1) is 0 Å². The molecule has 0 aliphatic carbocycles. The number of hydrogen-bond donors (Lipinski definition) is 1. The minimum absolute atomic E-state index is 0.107. The van der Waals surface area contributed by atoms with Crippen molar-refractivity contribution in [2.75, 3.05) is 38.6 Å². The first-order valence-corrected chi connectivity index (χ1v) is 7.09. The fraction of sp³-hybridized carbons (Fsp3) is 0.600. The second kappa shape index (κ2) is 7.66. The van der Waals surface area contributed by atoms with Crippen LogP contribution >= 0.6 is 0 Å². The number of nitrogens with zero attached hydrogens (tertiary/aromatic N) is 2. The second-order valence-electron chi connectivity index (χ2n) is 5.29. The predicted octanol–water partition coefficient (Wildman–Crippen LogP) is 2.94. The van der Waals surface area contributed by atoms with E-state index in [1.165, 1.54) is 6.07 Å². The number of alkyl halides is 3. The van der Waals surface area contributed by atoms with Crippen LogP contribution in [0.2, 0.25) is 0 Å². The van der Waals surface area contributed by atoms with E-state index in [2.05, 4.69) is 0 Å². The molecule has 0 amide bonds. The Morgan fingerprint density at radius 1 is 1.14 bits per heavy atom. The summed E-state index contributed by atoms with van der Waals surface area (Å²) in [6, 6.07) is 4.35. The van der Waals surface area contributed by atoms with Crippen LogP contribution in [-0.4, -0.2) is 38.6 Å². The van der Waals surface area contributed by atoms with Gasteiger partial charge in [-0.05, 0) is 51.7 Å². The molecule has 120 valence electrons. The lowest BCUT2D eigenvalue weighted by molar-refractivity contribution is -0.137. The number of nitrogens with two attached hydrogens (primary N) is 1. The molecular weight excluding hydrogens is 279 g/mol. The van der Waals surface area contributed by atoms with Crippen molar-refractivity contribution in [3.05, 3.63) is 29.3 Å². The third kappa shape index (κ3) is 5.21. The van der Waals surface area contributed by atoms with Crippen LogP contribution in [0.1, 0.15) is 24.5 Å². The van der Waals surface area contributed by atoms with Crippen molar-refractivity contribution in [2.45, 2.75) is 26.1 Å². The SMILES string of the molecule is CCN(CCCN(C)C)c1ccc(CN)cc1C(F)(F)F. The highest BCUT2D eigenvalue weighted by Crippen LogP contribution is 2.37. The zero-order valence-electron chi connectivity index (χ0n) is 12.9. The molecule has 0 bridgehead atoms. The smallest absolute Gasteiger partial charge is 0.371 e. The van der Waals surface area contributed by atoms with Gasteiger partial charge in [0.15, 0.2) is 0 Å². The zero-order valence-corrected chi connectivity index (χ0v) is 12.9. The number of hydrogen-bond acceptors (Lipinski definition) is 3. The van der Waals surface area contributed by atoms with Crippen molar-refractivity contribution >= 4 is 5.69 Å². The summed E-state index contributed by atoms with van der Waals surface area (Å²) in [6.07, 6.45) is -3.55. The molecule has 0 atom stereocenters. The van der Waals surface area contributed by atoms with Crippen molar-refractivity contribution < 1.29 is 13.2 Å². The molecule has 0 aromatic heterocycles. The minimum atomic E-state index is -4.37. The van der Waals surface area contributed by atoms with Crippen LogP contribution in [0.5, 0.6) is 0 Å². The van der Waals surface area contributed by atoms with Crippen molar-refractivity contribution in [1.29, 1.82) is 0 Å². The van der Waals surface area contributed by atoms with Crippen LogP contribution in [-0.2, 0) is 12.7 Å². The van der Waals surface area contributed by atoms with Gasteiger partial charge in [0.05, 0.1) is 5.56 Å². The molecule has 21 heavy (non-hydrogen) atoms. The highest BCUT2D eigenvalue weighted by molar-refractivity contribution is 5.56. The van der Waals surface area contributed by atoms with Crippen molar-refractivity contribution in [2.24, 2.45) is 5.73 Å². The van der Waals surface area contributed by atoms with E-state index < -0.39 is 11.7 Å². The molecular formula is C15H24F3N3. The van der Waals surface area contributed by atoms with Crippen LogP contribution < -0.4 is 10.6 Å². The molecule has 0 heterocycles. The van der Waals surface area contributed by atoms with Gasteiger partial charge < -0.3 is 15.5 Å². The number of benzene rings is 1. The van der Waals surface area contributed by atoms with Gasteiger partial charge >= 0.3 is 6.18 Å². The lowest BCUT2D eigenvalue weighted by Gasteiger charge is -2.27. The van der Waals surface area contributed by atoms with Gasteiger partial charge in [-0.25, -0.2) is 0 Å². The Morgan fingerprint density at radius 3 is 2.29 bits per heavy atom. The first-order chi connectivity index (χ1) is 9.79. The Kier molecular flexibility index (Phi) is 6.48. The number of rotatable bonds is 7. The molecule has 1 aromatic carbocycles. The second-order valence-corrected chi connectivity index (χ2v) is 5.29. The van der Waals surface area contributed by atoms with Gasteiger partial charge in [0, 0.05) is 25.3 Å². The highest BCUT2D eigenvalue weighted by atomic mass is 19.4. The van der Waals surface area contributed by atoms with E-state index in [4.69, 9.17) is 5.73 Å². The lowest BCUT2D eigenvalue weighted by Crippen LogP contribution is -2.29. The minimum Gasteiger partial charge on any atom is -0.371 e. The molecule has 0 saturated heterocycles. The van der Waals surface area contributed by atoms with E-state index in [-0.39, 0.29) is 12.2 Å². The molecule has 3 nitrogen and oxygen atoms in total. The Labute approximate surface area is 124 Å². The topological polar surface area (TPSA) is 32.5 Å². The molecule has 1 rings (SSSR count). The molecule has 0 fully saturated rings. The van der Waals surface area contributed by atoms with Gasteiger partial charge in [-0.15, -0.1) is 0 Å². The molecule has 0 aliphatic rings. The van der Waals surface area contributed by atoms with Crippen molar-refractivity contribution in [3.63, 3.8) is 0 Å². The molecule has 0 aliphatic heterocycles. The molecule has 0 saturated carbocycles. The summed E-state index contributed by atoms with van der Waals surface area (Å²) in [5.74, 6) is 0. The Balaban J connectivity index is 3.02. The van der Waals surface area contributed by atoms with Gasteiger partial charge in [0.2, 0.25) is 0 Å². The molecule has 0 unspecified atom stereocenters. The van der Waals surface area contributed by atoms with Gasteiger partial charge in [-0.2, -0.15) is 13.2 Å². The zero-order chi connectivity index (χ0) is 16.0. The van der Waals surface area contributed by atoms with Crippen molar-refractivity contribution in [3.8, 4) is 0 Å². The first-order valence-electron chi connectivity index (χ1n) is 7.09. The van der Waals surface area contributed by atoms with E-state index in [1.54, 1.807) is 11.0 Å². The van der Waals surface area contributed by atoms with E-state index >= 15 is 0 Å². The number of halogens is 3. The van der Waals surface area contributed by atoms with Crippen LogP contribution in [0.15, 0.2) is 18.2 Å². The van der Waals surface area contributed by atoms with E-state index in [0.717, 1.165) is 19.0 Å². The fourth-order valence-corrected chi connectivity index (χ4v) is 2.24. The maximum atomic E-state index is 13.2. The summed E-state index contributed by atoms with van der Waals surface area (Å²) in [7, 11) is 3.90. The number of anilines is 1.